The quantitative estimate of drug-likeness (QED) is 0.841. The van der Waals surface area contributed by atoms with Gasteiger partial charge in [0.2, 0.25) is 0 Å². The normalized spacial score (nSPS) is 27.0. The van der Waals surface area contributed by atoms with E-state index in [2.05, 4.69) is 24.4 Å². The van der Waals surface area contributed by atoms with Gasteiger partial charge in [-0.05, 0) is 67.2 Å². The molecule has 0 saturated carbocycles. The highest BCUT2D eigenvalue weighted by Gasteiger charge is 2.36. The Balaban J connectivity index is 2.01. The third kappa shape index (κ3) is 2.04. The molecule has 98 valence electrons. The van der Waals surface area contributed by atoms with Gasteiger partial charge < -0.3 is 10.1 Å². The number of nitrogens with one attached hydrogen (secondary N) is 1. The lowest BCUT2D eigenvalue weighted by Gasteiger charge is -2.27. The van der Waals surface area contributed by atoms with Gasteiger partial charge in [-0.1, -0.05) is 0 Å². The number of benzene rings is 1. The minimum absolute atomic E-state index is 0.495. The predicted octanol–water partition coefficient (Wildman–Crippen LogP) is 3.02. The van der Waals surface area contributed by atoms with E-state index in [9.17, 15) is 0 Å². The third-order valence-corrected chi connectivity index (χ3v) is 5.60. The van der Waals surface area contributed by atoms with Crippen molar-refractivity contribution in [3.63, 3.8) is 0 Å². The van der Waals surface area contributed by atoms with Crippen LogP contribution in [0, 0.1) is 12.3 Å². The van der Waals surface area contributed by atoms with Gasteiger partial charge in [0.15, 0.2) is 0 Å². The molecule has 1 atom stereocenters. The lowest BCUT2D eigenvalue weighted by Crippen LogP contribution is -2.27. The summed E-state index contributed by atoms with van der Waals surface area (Å²) in [7, 11) is 1.77. The minimum Gasteiger partial charge on any atom is -0.496 e. The lowest BCUT2D eigenvalue weighted by atomic mass is 9.77. The number of ether oxygens (including phenoxy) is 1. The summed E-state index contributed by atoms with van der Waals surface area (Å²) in [5.41, 5.74) is 3.37. The smallest absolute Gasteiger partial charge is 0.122 e. The summed E-state index contributed by atoms with van der Waals surface area (Å²) in [5.74, 6) is 2.29. The molecule has 0 aromatic heterocycles. The monoisotopic (exact) mass is 263 g/mol. The van der Waals surface area contributed by atoms with Crippen LogP contribution in [0.25, 0.3) is 0 Å². The fourth-order valence-electron chi connectivity index (χ4n) is 3.29. The summed E-state index contributed by atoms with van der Waals surface area (Å²) in [6.45, 7) is 4.58. The van der Waals surface area contributed by atoms with E-state index in [0.29, 0.717) is 5.41 Å². The molecule has 0 radical (unpaired) electrons. The Morgan fingerprint density at radius 3 is 2.94 bits per heavy atom. The molecule has 1 fully saturated rings. The molecule has 0 bridgehead atoms. The van der Waals surface area contributed by atoms with Crippen LogP contribution in [0.4, 0.5) is 0 Å². The molecule has 1 N–H and O–H groups in total. The largest absolute Gasteiger partial charge is 0.496 e. The number of methoxy groups -OCH3 is 1. The van der Waals surface area contributed by atoms with Crippen molar-refractivity contribution in [2.75, 3.05) is 26.0 Å². The van der Waals surface area contributed by atoms with Gasteiger partial charge in [0.1, 0.15) is 5.75 Å². The van der Waals surface area contributed by atoms with Crippen LogP contribution in [-0.4, -0.2) is 26.0 Å². The Kier molecular flexibility index (Phi) is 3.29. The summed E-state index contributed by atoms with van der Waals surface area (Å²) in [6, 6.07) is 4.36. The first kappa shape index (κ1) is 12.4. The molecule has 2 heterocycles. The van der Waals surface area contributed by atoms with E-state index in [1.807, 2.05) is 11.8 Å². The SMILES string of the molecule is COc1ccc2c(c1C)CC1(CCNC1)CCS2. The van der Waals surface area contributed by atoms with Gasteiger partial charge in [0, 0.05) is 11.4 Å². The van der Waals surface area contributed by atoms with Crippen LogP contribution in [0.2, 0.25) is 0 Å². The van der Waals surface area contributed by atoms with Gasteiger partial charge in [-0.3, -0.25) is 0 Å². The van der Waals surface area contributed by atoms with Crippen molar-refractivity contribution in [2.24, 2.45) is 5.41 Å². The molecule has 2 nitrogen and oxygen atoms in total. The molecular formula is C15H21NOS. The van der Waals surface area contributed by atoms with E-state index < -0.39 is 0 Å². The van der Waals surface area contributed by atoms with Gasteiger partial charge in [-0.25, -0.2) is 0 Å². The summed E-state index contributed by atoms with van der Waals surface area (Å²) in [4.78, 5) is 1.47. The third-order valence-electron chi connectivity index (χ3n) is 4.50. The summed E-state index contributed by atoms with van der Waals surface area (Å²) in [5, 5.41) is 3.55. The number of fused-ring (bicyclic) bond motifs is 1. The van der Waals surface area contributed by atoms with Crippen molar-refractivity contribution in [1.29, 1.82) is 0 Å². The number of hydrogen-bond acceptors (Lipinski definition) is 3. The van der Waals surface area contributed by atoms with Crippen LogP contribution in [-0.2, 0) is 6.42 Å². The van der Waals surface area contributed by atoms with E-state index >= 15 is 0 Å². The molecule has 1 aromatic rings. The molecule has 3 rings (SSSR count). The fraction of sp³-hybridized carbons (Fsp3) is 0.600. The van der Waals surface area contributed by atoms with Crippen molar-refractivity contribution < 1.29 is 4.74 Å². The van der Waals surface area contributed by atoms with E-state index in [-0.39, 0.29) is 0 Å². The van der Waals surface area contributed by atoms with Gasteiger partial charge in [-0.15, -0.1) is 11.8 Å². The zero-order chi connectivity index (χ0) is 12.6. The molecule has 0 amide bonds. The highest BCUT2D eigenvalue weighted by molar-refractivity contribution is 7.99. The maximum atomic E-state index is 5.48. The molecule has 1 spiro atoms. The van der Waals surface area contributed by atoms with Crippen LogP contribution < -0.4 is 10.1 Å². The first-order chi connectivity index (χ1) is 8.74. The molecule has 2 aliphatic rings. The molecule has 1 unspecified atom stereocenters. The Morgan fingerprint density at radius 2 is 2.22 bits per heavy atom. The molecule has 1 aromatic carbocycles. The standard InChI is InChI=1S/C15H21NOS/c1-11-12-9-15(5-7-16-10-15)6-8-18-14(12)4-3-13(11)17-2/h3-4,16H,5-10H2,1-2H3. The van der Waals surface area contributed by atoms with Gasteiger partial charge in [0.05, 0.1) is 7.11 Å². The van der Waals surface area contributed by atoms with Gasteiger partial charge >= 0.3 is 0 Å². The van der Waals surface area contributed by atoms with E-state index in [0.717, 1.165) is 5.75 Å². The van der Waals surface area contributed by atoms with Crippen LogP contribution >= 0.6 is 11.8 Å². The highest BCUT2D eigenvalue weighted by Crippen LogP contribution is 2.44. The van der Waals surface area contributed by atoms with Gasteiger partial charge in [0.25, 0.3) is 0 Å². The number of thioether (sulfide) groups is 1. The van der Waals surface area contributed by atoms with E-state index in [1.54, 1.807) is 7.11 Å². The van der Waals surface area contributed by atoms with E-state index in [4.69, 9.17) is 4.74 Å². The van der Waals surface area contributed by atoms with Crippen molar-refractivity contribution in [3.05, 3.63) is 23.3 Å². The Bertz CT molecular complexity index is 452. The second-order valence-corrected chi connectivity index (χ2v) is 6.71. The molecular weight excluding hydrogens is 242 g/mol. The summed E-state index contributed by atoms with van der Waals surface area (Å²) < 4.78 is 5.48. The van der Waals surface area contributed by atoms with Crippen LogP contribution in [0.3, 0.4) is 0 Å². The highest BCUT2D eigenvalue weighted by atomic mass is 32.2. The molecule has 0 aliphatic carbocycles. The van der Waals surface area contributed by atoms with Crippen molar-refractivity contribution >= 4 is 11.8 Å². The molecule has 1 saturated heterocycles. The van der Waals surface area contributed by atoms with Crippen molar-refractivity contribution in [2.45, 2.75) is 31.1 Å². The van der Waals surface area contributed by atoms with Crippen molar-refractivity contribution in [3.8, 4) is 5.75 Å². The maximum Gasteiger partial charge on any atom is 0.122 e. The zero-order valence-corrected chi connectivity index (χ0v) is 12.0. The van der Waals surface area contributed by atoms with Gasteiger partial charge in [-0.2, -0.15) is 0 Å². The second-order valence-electron chi connectivity index (χ2n) is 5.57. The Hall–Kier alpha value is -0.670. The average molecular weight is 263 g/mol. The minimum atomic E-state index is 0.495. The van der Waals surface area contributed by atoms with Crippen LogP contribution in [0.1, 0.15) is 24.0 Å². The fourth-order valence-corrected chi connectivity index (χ4v) is 4.61. The molecule has 18 heavy (non-hydrogen) atoms. The zero-order valence-electron chi connectivity index (χ0n) is 11.2. The lowest BCUT2D eigenvalue weighted by molar-refractivity contribution is 0.309. The van der Waals surface area contributed by atoms with Crippen LogP contribution in [0.5, 0.6) is 5.75 Å². The first-order valence-corrected chi connectivity index (χ1v) is 7.73. The first-order valence-electron chi connectivity index (χ1n) is 6.74. The topological polar surface area (TPSA) is 21.3 Å². The number of rotatable bonds is 1. The second kappa shape index (κ2) is 4.78. The Morgan fingerprint density at radius 1 is 1.33 bits per heavy atom. The maximum absolute atomic E-state index is 5.48. The van der Waals surface area contributed by atoms with Crippen LogP contribution in [0.15, 0.2) is 17.0 Å². The molecule has 2 aliphatic heterocycles. The molecule has 3 heteroatoms. The summed E-state index contributed by atoms with van der Waals surface area (Å²) in [6.07, 6.45) is 3.87. The Labute approximate surface area is 113 Å². The average Bonchev–Trinajstić information content (AvgIpc) is 2.73. The number of hydrogen-bond donors (Lipinski definition) is 1. The van der Waals surface area contributed by atoms with E-state index in [1.165, 1.54) is 54.1 Å². The summed E-state index contributed by atoms with van der Waals surface area (Å²) >= 11 is 2.02. The predicted molar refractivity (Wildman–Crippen MR) is 76.7 cm³/mol. The van der Waals surface area contributed by atoms with Crippen molar-refractivity contribution in [1.82, 2.24) is 5.32 Å².